The molecule has 2 aromatic rings. The summed E-state index contributed by atoms with van der Waals surface area (Å²) in [6.07, 6.45) is 1.50. The van der Waals surface area contributed by atoms with Crippen LogP contribution >= 0.6 is 0 Å². The molecule has 8 heteroatoms. The average Bonchev–Trinajstić information content (AvgIpc) is 2.89. The number of amides is 1. The molecular weight excluding hydrogens is 306 g/mol. The van der Waals surface area contributed by atoms with Crippen LogP contribution in [0.1, 0.15) is 10.4 Å². The first kappa shape index (κ1) is 14.6. The second-order valence-corrected chi connectivity index (χ2v) is 7.07. The van der Waals surface area contributed by atoms with Gasteiger partial charge in [-0.2, -0.15) is 4.36 Å². The fourth-order valence-electron chi connectivity index (χ4n) is 2.25. The van der Waals surface area contributed by atoms with Gasteiger partial charge < -0.3 is 9.47 Å². The Hall–Kier alpha value is -2.35. The molecular formula is C14H15N3O4S. The highest BCUT2D eigenvalue weighted by molar-refractivity contribution is 7.94. The molecule has 7 nitrogen and oxygen atoms in total. The number of carbonyl (C=O) groups is 1. The summed E-state index contributed by atoms with van der Waals surface area (Å²) in [5, 5.41) is 4.01. The van der Waals surface area contributed by atoms with Crippen molar-refractivity contribution in [3.05, 3.63) is 36.0 Å². The molecule has 0 bridgehead atoms. The largest absolute Gasteiger partial charge is 0.491 e. The van der Waals surface area contributed by atoms with Gasteiger partial charge in [0.05, 0.1) is 27.5 Å². The maximum Gasteiger partial charge on any atom is 0.292 e. The maximum atomic E-state index is 13.1. The normalized spacial score (nSPS) is 19.9. The Labute approximate surface area is 128 Å². The summed E-state index contributed by atoms with van der Waals surface area (Å²) in [7, 11) is 0.234. The summed E-state index contributed by atoms with van der Waals surface area (Å²) in [6, 6.07) is 6.93. The number of fused-ring (bicyclic) bond motifs is 1. The molecule has 0 N–H and O–H groups in total. The van der Waals surface area contributed by atoms with Crippen molar-refractivity contribution in [2.45, 2.75) is 4.90 Å². The number of hydrogen-bond donors (Lipinski definition) is 0. The Morgan fingerprint density at radius 2 is 2.23 bits per heavy atom. The molecule has 1 amide bonds. The second-order valence-electron chi connectivity index (χ2n) is 4.76. The van der Waals surface area contributed by atoms with Crippen LogP contribution < -0.4 is 9.47 Å². The van der Waals surface area contributed by atoms with E-state index in [1.165, 1.54) is 18.0 Å². The Kier molecular flexibility index (Phi) is 3.61. The Morgan fingerprint density at radius 3 is 3.00 bits per heavy atom. The molecule has 22 heavy (non-hydrogen) atoms. The highest BCUT2D eigenvalue weighted by atomic mass is 32.2. The molecule has 2 heterocycles. The van der Waals surface area contributed by atoms with Gasteiger partial charge in [-0.15, -0.1) is 5.10 Å². The number of methoxy groups -OCH3 is 1. The van der Waals surface area contributed by atoms with Crippen LogP contribution in [0.25, 0.3) is 0 Å². The van der Waals surface area contributed by atoms with Gasteiger partial charge in [-0.1, -0.05) is 12.1 Å². The molecule has 0 fully saturated rings. The summed E-state index contributed by atoms with van der Waals surface area (Å²) in [5.41, 5.74) is 0.191. The summed E-state index contributed by atoms with van der Waals surface area (Å²) >= 11 is 0. The first-order valence-electron chi connectivity index (χ1n) is 6.62. The molecule has 0 radical (unpaired) electrons. The lowest BCUT2D eigenvalue weighted by Crippen LogP contribution is -2.22. The zero-order valence-electron chi connectivity index (χ0n) is 12.2. The summed E-state index contributed by atoms with van der Waals surface area (Å²) in [5.74, 6) is 0.248. The van der Waals surface area contributed by atoms with Gasteiger partial charge in [-0.25, -0.2) is 4.21 Å². The Morgan fingerprint density at radius 1 is 1.45 bits per heavy atom. The van der Waals surface area contributed by atoms with Crippen LogP contribution in [-0.2, 0) is 16.8 Å². The Bertz CT molecular complexity index is 850. The van der Waals surface area contributed by atoms with Crippen molar-refractivity contribution in [2.24, 2.45) is 11.4 Å². The smallest absolute Gasteiger partial charge is 0.292 e. The number of para-hydroxylation sites is 1. The van der Waals surface area contributed by atoms with E-state index in [1.807, 2.05) is 0 Å². The third-order valence-electron chi connectivity index (χ3n) is 3.26. The van der Waals surface area contributed by atoms with E-state index in [9.17, 15) is 9.00 Å². The second kappa shape index (κ2) is 5.45. The van der Waals surface area contributed by atoms with Crippen molar-refractivity contribution >= 4 is 15.6 Å². The van der Waals surface area contributed by atoms with Gasteiger partial charge in [-0.05, 0) is 12.1 Å². The van der Waals surface area contributed by atoms with Crippen LogP contribution in [0, 0.1) is 0 Å². The minimum atomic E-state index is -2.85. The number of hydrogen-bond acceptors (Lipinski definition) is 5. The molecule has 1 aromatic carbocycles. The monoisotopic (exact) mass is 321 g/mol. The predicted molar refractivity (Wildman–Crippen MR) is 79.7 cm³/mol. The van der Waals surface area contributed by atoms with E-state index in [-0.39, 0.29) is 23.8 Å². The molecule has 1 aliphatic heterocycles. The van der Waals surface area contributed by atoms with Crippen molar-refractivity contribution < 1.29 is 18.5 Å². The molecule has 1 unspecified atom stereocenters. The van der Waals surface area contributed by atoms with Crippen LogP contribution in [0.2, 0.25) is 0 Å². The van der Waals surface area contributed by atoms with Crippen molar-refractivity contribution in [2.75, 3.05) is 19.5 Å². The molecule has 1 aromatic heterocycles. The first-order chi connectivity index (χ1) is 10.5. The van der Waals surface area contributed by atoms with Gasteiger partial charge in [0.1, 0.15) is 17.9 Å². The van der Waals surface area contributed by atoms with E-state index in [0.29, 0.717) is 10.6 Å². The van der Waals surface area contributed by atoms with Crippen LogP contribution in [-0.4, -0.2) is 39.4 Å². The molecule has 0 spiro atoms. The predicted octanol–water partition coefficient (Wildman–Crippen LogP) is 1.49. The first-order valence-corrected chi connectivity index (χ1v) is 8.30. The van der Waals surface area contributed by atoms with Crippen LogP contribution in [0.4, 0.5) is 0 Å². The van der Waals surface area contributed by atoms with Gasteiger partial charge in [0, 0.05) is 13.2 Å². The molecule has 3 rings (SSSR count). The molecule has 1 aliphatic rings. The van der Waals surface area contributed by atoms with E-state index in [1.54, 1.807) is 31.3 Å². The third-order valence-corrected chi connectivity index (χ3v) is 5.46. The summed E-state index contributed by atoms with van der Waals surface area (Å²) in [6.45, 7) is 0.261. The van der Waals surface area contributed by atoms with Crippen molar-refractivity contribution in [3.8, 4) is 11.6 Å². The zero-order chi connectivity index (χ0) is 15.7. The lowest BCUT2D eigenvalue weighted by atomic mass is 10.3. The van der Waals surface area contributed by atoms with Crippen LogP contribution in [0.15, 0.2) is 39.7 Å². The molecule has 0 aliphatic carbocycles. The fraction of sp³-hybridized carbons (Fsp3) is 0.286. The highest BCUT2D eigenvalue weighted by Crippen LogP contribution is 2.30. The number of ether oxygens (including phenoxy) is 2. The van der Waals surface area contributed by atoms with Gasteiger partial charge in [0.25, 0.3) is 5.91 Å². The summed E-state index contributed by atoms with van der Waals surface area (Å²) in [4.78, 5) is 12.9. The van der Waals surface area contributed by atoms with Crippen LogP contribution in [0.3, 0.4) is 0 Å². The van der Waals surface area contributed by atoms with Gasteiger partial charge in [0.2, 0.25) is 5.88 Å². The van der Waals surface area contributed by atoms with Crippen LogP contribution in [0.5, 0.6) is 11.6 Å². The van der Waals surface area contributed by atoms with E-state index < -0.39 is 15.6 Å². The molecule has 0 saturated heterocycles. The topological polar surface area (TPSA) is 82.8 Å². The van der Waals surface area contributed by atoms with Crippen molar-refractivity contribution in [1.82, 2.24) is 9.78 Å². The van der Waals surface area contributed by atoms with Crippen molar-refractivity contribution in [1.29, 1.82) is 0 Å². The molecule has 116 valence electrons. The number of carbonyl (C=O) groups excluding carboxylic acids is 1. The lowest BCUT2D eigenvalue weighted by Gasteiger charge is -2.20. The molecule has 1 atom stereocenters. The summed E-state index contributed by atoms with van der Waals surface area (Å²) < 4.78 is 29.0. The number of benzene rings is 1. The van der Waals surface area contributed by atoms with Crippen molar-refractivity contribution in [3.63, 3.8) is 0 Å². The number of aryl methyl sites for hydroxylation is 1. The highest BCUT2D eigenvalue weighted by Gasteiger charge is 2.26. The van der Waals surface area contributed by atoms with E-state index >= 15 is 0 Å². The van der Waals surface area contributed by atoms with E-state index in [0.717, 1.165) is 0 Å². The maximum absolute atomic E-state index is 13.1. The average molecular weight is 321 g/mol. The van der Waals surface area contributed by atoms with Gasteiger partial charge in [0.15, 0.2) is 0 Å². The minimum absolute atomic E-state index is 0.166. The Balaban J connectivity index is 2.08. The SMILES string of the molecule is COc1nn(C)cc1C(=O)N=S1(=O)CCOc2ccccc21. The minimum Gasteiger partial charge on any atom is -0.491 e. The van der Waals surface area contributed by atoms with Gasteiger partial charge >= 0.3 is 0 Å². The number of aromatic nitrogens is 2. The zero-order valence-corrected chi connectivity index (χ0v) is 13.0. The standard InChI is InChI=1S/C14H15N3O4S/c1-17-9-10(14(15-17)20-2)13(18)16-22(19)8-7-21-11-5-3-4-6-12(11)22/h3-6,9H,7-8H2,1-2H3. The van der Waals surface area contributed by atoms with E-state index in [2.05, 4.69) is 9.46 Å². The molecule has 0 saturated carbocycles. The number of rotatable bonds is 2. The number of nitrogens with zero attached hydrogens (tertiary/aromatic N) is 3. The lowest BCUT2D eigenvalue weighted by molar-refractivity contribution is 0.100. The quantitative estimate of drug-likeness (QED) is 0.837. The van der Waals surface area contributed by atoms with Gasteiger partial charge in [-0.3, -0.25) is 9.48 Å². The van der Waals surface area contributed by atoms with E-state index in [4.69, 9.17) is 9.47 Å². The third kappa shape index (κ3) is 2.45. The fourth-order valence-corrected chi connectivity index (χ4v) is 4.07.